The molecule has 2 aromatic rings. The van der Waals surface area contributed by atoms with Gasteiger partial charge in [-0.3, -0.25) is 4.68 Å². The average Bonchev–Trinajstić information content (AvgIpc) is 3.02. The Hall–Kier alpha value is -1.42. The molecule has 4 heteroatoms. The Balaban J connectivity index is 1.66. The highest BCUT2D eigenvalue weighted by Crippen LogP contribution is 2.28. The van der Waals surface area contributed by atoms with Gasteiger partial charge in [-0.05, 0) is 30.2 Å². The molecule has 1 aliphatic heterocycles. The van der Waals surface area contributed by atoms with Gasteiger partial charge in [-0.1, -0.05) is 19.1 Å². The zero-order valence-electron chi connectivity index (χ0n) is 11.1. The monoisotopic (exact) mass is 273 g/mol. The van der Waals surface area contributed by atoms with Crippen molar-refractivity contribution in [3.8, 4) is 0 Å². The van der Waals surface area contributed by atoms with Crippen LogP contribution in [0.4, 0.5) is 5.69 Å². The van der Waals surface area contributed by atoms with Gasteiger partial charge in [-0.15, -0.1) is 0 Å². The number of thioether (sulfide) groups is 1. The van der Waals surface area contributed by atoms with Gasteiger partial charge in [0.25, 0.3) is 0 Å². The van der Waals surface area contributed by atoms with Gasteiger partial charge in [0.05, 0.1) is 6.54 Å². The lowest BCUT2D eigenvalue weighted by molar-refractivity contribution is 0.686. The van der Waals surface area contributed by atoms with Crippen LogP contribution >= 0.6 is 11.8 Å². The van der Waals surface area contributed by atoms with E-state index in [0.717, 1.165) is 11.8 Å². The van der Waals surface area contributed by atoms with Gasteiger partial charge in [0.15, 0.2) is 0 Å². The fourth-order valence-electron chi connectivity index (χ4n) is 2.49. The minimum Gasteiger partial charge on any atom is -0.381 e. The van der Waals surface area contributed by atoms with E-state index in [1.54, 1.807) is 0 Å². The number of rotatable bonds is 4. The van der Waals surface area contributed by atoms with Gasteiger partial charge in [0, 0.05) is 35.1 Å². The summed E-state index contributed by atoms with van der Waals surface area (Å²) in [5.41, 5.74) is 2.51. The van der Waals surface area contributed by atoms with E-state index < -0.39 is 0 Å². The van der Waals surface area contributed by atoms with E-state index in [4.69, 9.17) is 0 Å². The van der Waals surface area contributed by atoms with Crippen LogP contribution in [0.2, 0.25) is 0 Å². The van der Waals surface area contributed by atoms with E-state index in [9.17, 15) is 0 Å². The minimum atomic E-state index is 0.611. The van der Waals surface area contributed by atoms with E-state index in [0.29, 0.717) is 6.04 Å². The van der Waals surface area contributed by atoms with Gasteiger partial charge < -0.3 is 5.32 Å². The number of nitrogens with zero attached hydrogens (tertiary/aromatic N) is 2. The summed E-state index contributed by atoms with van der Waals surface area (Å²) in [6.07, 6.45) is 5.07. The first kappa shape index (κ1) is 12.6. The Morgan fingerprint density at radius 2 is 2.37 bits per heavy atom. The molecule has 100 valence electrons. The SMILES string of the molecule is CC1CC(Nc2cccc(Cn3cccn3)c2)CS1. The van der Waals surface area contributed by atoms with Crippen LogP contribution in [-0.2, 0) is 6.54 Å². The van der Waals surface area contributed by atoms with Gasteiger partial charge in [-0.25, -0.2) is 0 Å². The second-order valence-corrected chi connectivity index (χ2v) is 6.60. The molecule has 0 aliphatic carbocycles. The van der Waals surface area contributed by atoms with Crippen molar-refractivity contribution in [1.82, 2.24) is 9.78 Å². The van der Waals surface area contributed by atoms with Crippen molar-refractivity contribution < 1.29 is 0 Å². The Kier molecular flexibility index (Phi) is 3.78. The molecule has 0 saturated carbocycles. The molecule has 2 heterocycles. The van der Waals surface area contributed by atoms with E-state index in [1.165, 1.54) is 23.4 Å². The maximum absolute atomic E-state index is 4.25. The van der Waals surface area contributed by atoms with Gasteiger partial charge in [0.2, 0.25) is 0 Å². The third-order valence-electron chi connectivity index (χ3n) is 3.40. The molecular formula is C15H19N3S. The second-order valence-electron chi connectivity index (χ2n) is 5.12. The van der Waals surface area contributed by atoms with Crippen molar-refractivity contribution in [2.45, 2.75) is 31.2 Å². The van der Waals surface area contributed by atoms with Crippen LogP contribution in [0.3, 0.4) is 0 Å². The Bertz CT molecular complexity index is 524. The van der Waals surface area contributed by atoms with E-state index in [1.807, 2.05) is 23.1 Å². The summed E-state index contributed by atoms with van der Waals surface area (Å²) in [5.74, 6) is 1.21. The molecule has 3 nitrogen and oxygen atoms in total. The molecule has 1 fully saturated rings. The number of nitrogens with one attached hydrogen (secondary N) is 1. The zero-order valence-corrected chi connectivity index (χ0v) is 11.9. The van der Waals surface area contributed by atoms with Crippen molar-refractivity contribution in [2.75, 3.05) is 11.1 Å². The normalized spacial score (nSPS) is 22.6. The molecule has 1 N–H and O–H groups in total. The molecule has 0 spiro atoms. The van der Waals surface area contributed by atoms with Crippen molar-refractivity contribution in [1.29, 1.82) is 0 Å². The maximum Gasteiger partial charge on any atom is 0.0660 e. The average molecular weight is 273 g/mol. The highest BCUT2D eigenvalue weighted by molar-refractivity contribution is 8.00. The fourth-order valence-corrected chi connectivity index (χ4v) is 3.64. The molecule has 0 amide bonds. The van der Waals surface area contributed by atoms with Gasteiger partial charge >= 0.3 is 0 Å². The summed E-state index contributed by atoms with van der Waals surface area (Å²) in [5, 5.41) is 8.67. The van der Waals surface area contributed by atoms with Crippen LogP contribution in [0, 0.1) is 0 Å². The maximum atomic E-state index is 4.25. The van der Waals surface area contributed by atoms with Gasteiger partial charge in [0.1, 0.15) is 0 Å². The fraction of sp³-hybridized carbons (Fsp3) is 0.400. The minimum absolute atomic E-state index is 0.611. The molecule has 3 rings (SSSR count). The van der Waals surface area contributed by atoms with Crippen molar-refractivity contribution in [3.63, 3.8) is 0 Å². The highest BCUT2D eigenvalue weighted by atomic mass is 32.2. The summed E-state index contributed by atoms with van der Waals surface area (Å²) in [6, 6.07) is 11.2. The molecule has 0 bridgehead atoms. The predicted octanol–water partition coefficient (Wildman–Crippen LogP) is 3.24. The number of benzene rings is 1. The lowest BCUT2D eigenvalue weighted by Gasteiger charge is -2.14. The van der Waals surface area contributed by atoms with E-state index >= 15 is 0 Å². The molecule has 1 aromatic carbocycles. The largest absolute Gasteiger partial charge is 0.381 e. The molecule has 1 aliphatic rings. The van der Waals surface area contributed by atoms with Crippen molar-refractivity contribution in [2.24, 2.45) is 0 Å². The van der Waals surface area contributed by atoms with Crippen LogP contribution < -0.4 is 5.32 Å². The third kappa shape index (κ3) is 3.32. The number of aromatic nitrogens is 2. The Labute approximate surface area is 118 Å². The Morgan fingerprint density at radius 3 is 3.11 bits per heavy atom. The van der Waals surface area contributed by atoms with Crippen LogP contribution in [0.5, 0.6) is 0 Å². The van der Waals surface area contributed by atoms with Crippen LogP contribution in [-0.4, -0.2) is 26.8 Å². The van der Waals surface area contributed by atoms with Crippen LogP contribution in [0.25, 0.3) is 0 Å². The molecule has 0 radical (unpaired) electrons. The molecular weight excluding hydrogens is 254 g/mol. The lowest BCUT2D eigenvalue weighted by Crippen LogP contribution is -2.19. The zero-order chi connectivity index (χ0) is 13.1. The van der Waals surface area contributed by atoms with Crippen LogP contribution in [0.15, 0.2) is 42.7 Å². The number of hydrogen-bond acceptors (Lipinski definition) is 3. The van der Waals surface area contributed by atoms with E-state index in [-0.39, 0.29) is 0 Å². The topological polar surface area (TPSA) is 29.9 Å². The second kappa shape index (κ2) is 5.70. The molecule has 1 saturated heterocycles. The summed E-state index contributed by atoms with van der Waals surface area (Å²) >= 11 is 2.06. The number of hydrogen-bond donors (Lipinski definition) is 1. The smallest absolute Gasteiger partial charge is 0.0660 e. The number of anilines is 1. The first-order chi connectivity index (χ1) is 9.29. The molecule has 2 unspecified atom stereocenters. The van der Waals surface area contributed by atoms with Gasteiger partial charge in [-0.2, -0.15) is 16.9 Å². The molecule has 1 aromatic heterocycles. The Morgan fingerprint density at radius 1 is 1.42 bits per heavy atom. The van der Waals surface area contributed by atoms with Crippen LogP contribution in [0.1, 0.15) is 18.9 Å². The standard InChI is InChI=1S/C15H19N3S/c1-12-8-15(11-19-12)17-14-5-2-4-13(9-14)10-18-7-3-6-16-18/h2-7,9,12,15,17H,8,10-11H2,1H3. The summed E-state index contributed by atoms with van der Waals surface area (Å²) in [6.45, 7) is 3.14. The third-order valence-corrected chi connectivity index (χ3v) is 4.76. The summed E-state index contributed by atoms with van der Waals surface area (Å²) < 4.78 is 1.95. The predicted molar refractivity (Wildman–Crippen MR) is 81.7 cm³/mol. The van der Waals surface area contributed by atoms with E-state index in [2.05, 4.69) is 53.4 Å². The summed E-state index contributed by atoms with van der Waals surface area (Å²) in [4.78, 5) is 0. The first-order valence-electron chi connectivity index (χ1n) is 6.74. The summed E-state index contributed by atoms with van der Waals surface area (Å²) in [7, 11) is 0. The van der Waals surface area contributed by atoms with Crippen molar-refractivity contribution in [3.05, 3.63) is 48.3 Å². The quantitative estimate of drug-likeness (QED) is 0.927. The molecule has 2 atom stereocenters. The first-order valence-corrected chi connectivity index (χ1v) is 7.79. The molecule has 19 heavy (non-hydrogen) atoms. The lowest BCUT2D eigenvalue weighted by atomic mass is 10.1. The van der Waals surface area contributed by atoms with Crippen molar-refractivity contribution >= 4 is 17.4 Å². The highest BCUT2D eigenvalue weighted by Gasteiger charge is 2.21.